The van der Waals surface area contributed by atoms with E-state index >= 15 is 0 Å². The van der Waals surface area contributed by atoms with Crippen LogP contribution < -0.4 is 15.2 Å². The number of nitrogens with zero attached hydrogens (tertiary/aromatic N) is 1. The predicted octanol–water partition coefficient (Wildman–Crippen LogP) is 7.84. The third-order valence-corrected chi connectivity index (χ3v) is 8.88. The summed E-state index contributed by atoms with van der Waals surface area (Å²) in [5.74, 6) is 1.53. The molecule has 3 N–H and O–H groups in total. The summed E-state index contributed by atoms with van der Waals surface area (Å²) < 4.78 is 29.8. The first-order chi connectivity index (χ1) is 23.4. The van der Waals surface area contributed by atoms with Crippen LogP contribution in [-0.2, 0) is 19.7 Å². The van der Waals surface area contributed by atoms with Crippen LogP contribution in [0, 0.1) is 0 Å². The lowest BCUT2D eigenvalue weighted by atomic mass is 9.84. The van der Waals surface area contributed by atoms with E-state index in [1.165, 1.54) is 6.42 Å². The summed E-state index contributed by atoms with van der Waals surface area (Å²) in [4.78, 5) is 4.56. The number of hydrogen-bond acceptors (Lipinski definition) is 8. The molecule has 0 radical (unpaired) electrons. The lowest BCUT2D eigenvalue weighted by Crippen LogP contribution is -2.27. The molecule has 10 heteroatoms. The molecule has 2 aliphatic rings. The molecule has 6 rings (SSSR count). The van der Waals surface area contributed by atoms with E-state index < -0.39 is 5.54 Å². The first-order valence-corrected chi connectivity index (χ1v) is 17.4. The standard InChI is InChI=1S/C21H23BrO3.C17H17BrN2O3/c1-16(18-5-4-6-19(22)15-18)17-8-10-20(11-9-17)23-13-14-25-21-7-2-3-12-24-21;18-14-3-1-2-13(10-14)17(11-23-16(19)20-17)12-4-6-15(7-5-12)22-9-8-21/h4-6,8-11,15,21H,1-3,7,12-14H2;1-7,10,21H,8-9,11H2,(H2,19,20). The fourth-order valence-corrected chi connectivity index (χ4v) is 6.20. The Kier molecular flexibility index (Phi) is 13.1. The average molecular weight is 781 g/mol. The van der Waals surface area contributed by atoms with Gasteiger partial charge in [0.15, 0.2) is 11.8 Å². The molecule has 252 valence electrons. The first kappa shape index (κ1) is 35.6. The molecule has 0 aromatic heterocycles. The highest BCUT2D eigenvalue weighted by atomic mass is 79.9. The lowest BCUT2D eigenvalue weighted by molar-refractivity contribution is -0.165. The number of rotatable bonds is 12. The largest absolute Gasteiger partial charge is 0.491 e. The Morgan fingerprint density at radius 2 is 1.52 bits per heavy atom. The SMILES string of the molecule is C=C(c1ccc(OCCOC2CCCCO2)cc1)c1cccc(Br)c1.NC1=NC(c2ccc(OCCO)cc2)(c2cccc(Br)c2)CO1. The summed E-state index contributed by atoms with van der Waals surface area (Å²) >= 11 is 6.99. The number of aliphatic hydroxyl groups is 1. The summed E-state index contributed by atoms with van der Waals surface area (Å²) in [5, 5.41) is 8.82. The summed E-state index contributed by atoms with van der Waals surface area (Å²) in [6, 6.07) is 31.9. The van der Waals surface area contributed by atoms with Crippen molar-refractivity contribution in [2.24, 2.45) is 10.7 Å². The van der Waals surface area contributed by atoms with E-state index in [1.54, 1.807) is 0 Å². The molecule has 0 saturated carbocycles. The molecule has 4 aromatic carbocycles. The van der Waals surface area contributed by atoms with E-state index in [4.69, 9.17) is 34.5 Å². The van der Waals surface area contributed by atoms with Gasteiger partial charge in [-0.25, -0.2) is 4.99 Å². The number of aliphatic hydroxyl groups excluding tert-OH is 1. The molecule has 0 bridgehead atoms. The van der Waals surface area contributed by atoms with E-state index in [0.717, 1.165) is 62.0 Å². The highest BCUT2D eigenvalue weighted by Crippen LogP contribution is 2.39. The van der Waals surface area contributed by atoms with Crippen molar-refractivity contribution in [2.45, 2.75) is 31.1 Å². The van der Waals surface area contributed by atoms with Crippen molar-refractivity contribution in [2.75, 3.05) is 39.6 Å². The second-order valence-electron chi connectivity index (χ2n) is 11.2. The number of amidine groups is 1. The smallest absolute Gasteiger partial charge is 0.283 e. The van der Waals surface area contributed by atoms with Gasteiger partial charge in [0.1, 0.15) is 31.3 Å². The van der Waals surface area contributed by atoms with Crippen molar-refractivity contribution in [1.82, 2.24) is 0 Å². The van der Waals surface area contributed by atoms with Gasteiger partial charge in [-0.3, -0.25) is 0 Å². The van der Waals surface area contributed by atoms with Crippen molar-refractivity contribution >= 4 is 43.5 Å². The van der Waals surface area contributed by atoms with E-state index in [-0.39, 0.29) is 25.5 Å². The van der Waals surface area contributed by atoms with Crippen LogP contribution in [0.2, 0.25) is 0 Å². The van der Waals surface area contributed by atoms with Crippen molar-refractivity contribution in [3.05, 3.63) is 135 Å². The van der Waals surface area contributed by atoms with Gasteiger partial charge in [-0.05, 0) is 95.6 Å². The van der Waals surface area contributed by atoms with Crippen LogP contribution in [0.25, 0.3) is 5.57 Å². The fraction of sp³-hybridized carbons (Fsp3) is 0.289. The van der Waals surface area contributed by atoms with Crippen LogP contribution in [-0.4, -0.2) is 57.1 Å². The zero-order valence-electron chi connectivity index (χ0n) is 26.7. The van der Waals surface area contributed by atoms with Crippen LogP contribution in [0.3, 0.4) is 0 Å². The molecule has 8 nitrogen and oxygen atoms in total. The highest BCUT2D eigenvalue weighted by molar-refractivity contribution is 9.10. The monoisotopic (exact) mass is 778 g/mol. The molecule has 1 fully saturated rings. The number of ether oxygens (including phenoxy) is 5. The number of hydrogen-bond donors (Lipinski definition) is 2. The Balaban J connectivity index is 0.000000188. The Morgan fingerprint density at radius 3 is 2.15 bits per heavy atom. The minimum absolute atomic E-state index is 0.0155. The third kappa shape index (κ3) is 9.70. The van der Waals surface area contributed by atoms with Crippen LogP contribution in [0.15, 0.2) is 118 Å². The van der Waals surface area contributed by atoms with Gasteiger partial charge in [-0.1, -0.05) is 87.0 Å². The number of nitrogens with two attached hydrogens (primary N) is 1. The second-order valence-corrected chi connectivity index (χ2v) is 13.1. The van der Waals surface area contributed by atoms with Crippen LogP contribution in [0.4, 0.5) is 0 Å². The maximum absolute atomic E-state index is 8.82. The zero-order chi connectivity index (χ0) is 33.8. The summed E-state index contributed by atoms with van der Waals surface area (Å²) in [5.41, 5.74) is 10.3. The molecule has 2 atom stereocenters. The Morgan fingerprint density at radius 1 is 0.833 bits per heavy atom. The van der Waals surface area contributed by atoms with Crippen molar-refractivity contribution in [3.8, 4) is 11.5 Å². The summed E-state index contributed by atoms with van der Waals surface area (Å²) in [6.45, 7) is 6.66. The van der Waals surface area contributed by atoms with Gasteiger partial charge in [0.2, 0.25) is 0 Å². The van der Waals surface area contributed by atoms with Crippen LogP contribution in [0.1, 0.15) is 41.5 Å². The van der Waals surface area contributed by atoms with Gasteiger partial charge in [0.05, 0.1) is 13.2 Å². The molecule has 0 aliphatic carbocycles. The van der Waals surface area contributed by atoms with Crippen LogP contribution in [0.5, 0.6) is 11.5 Å². The van der Waals surface area contributed by atoms with Crippen molar-refractivity contribution in [3.63, 3.8) is 0 Å². The normalized spacial score (nSPS) is 18.6. The molecular weight excluding hydrogens is 740 g/mol. The van der Waals surface area contributed by atoms with Gasteiger partial charge in [0, 0.05) is 15.6 Å². The zero-order valence-corrected chi connectivity index (χ0v) is 29.8. The van der Waals surface area contributed by atoms with Crippen molar-refractivity contribution in [1.29, 1.82) is 0 Å². The van der Waals surface area contributed by atoms with Gasteiger partial charge in [-0.2, -0.15) is 0 Å². The van der Waals surface area contributed by atoms with Gasteiger partial charge in [-0.15, -0.1) is 0 Å². The molecular formula is C38H40Br2N2O6. The summed E-state index contributed by atoms with van der Waals surface area (Å²) in [6.07, 6.45) is 3.23. The van der Waals surface area contributed by atoms with E-state index in [0.29, 0.717) is 25.6 Å². The lowest BCUT2D eigenvalue weighted by Gasteiger charge is -2.25. The first-order valence-electron chi connectivity index (χ1n) is 15.9. The molecule has 1 saturated heterocycles. The van der Waals surface area contributed by atoms with Gasteiger partial charge < -0.3 is 34.5 Å². The predicted molar refractivity (Wildman–Crippen MR) is 195 cm³/mol. The third-order valence-electron chi connectivity index (χ3n) is 7.89. The quantitative estimate of drug-likeness (QED) is 0.141. The maximum Gasteiger partial charge on any atom is 0.283 e. The molecule has 2 unspecified atom stereocenters. The van der Waals surface area contributed by atoms with E-state index in [1.807, 2.05) is 84.9 Å². The molecule has 0 spiro atoms. The van der Waals surface area contributed by atoms with E-state index in [2.05, 4.69) is 55.6 Å². The molecule has 2 aliphatic heterocycles. The average Bonchev–Trinajstić information content (AvgIpc) is 3.53. The van der Waals surface area contributed by atoms with Crippen LogP contribution >= 0.6 is 31.9 Å². The Labute approximate surface area is 298 Å². The van der Waals surface area contributed by atoms with Gasteiger partial charge >= 0.3 is 0 Å². The highest BCUT2D eigenvalue weighted by Gasteiger charge is 2.40. The number of aliphatic imine (C=N–C) groups is 1. The Hall–Kier alpha value is -3.67. The van der Waals surface area contributed by atoms with E-state index in [9.17, 15) is 0 Å². The molecule has 4 aromatic rings. The topological polar surface area (TPSA) is 105 Å². The number of benzene rings is 4. The second kappa shape index (κ2) is 17.6. The van der Waals surface area contributed by atoms with Crippen molar-refractivity contribution < 1.29 is 28.8 Å². The summed E-state index contributed by atoms with van der Waals surface area (Å²) in [7, 11) is 0. The Bertz CT molecular complexity index is 1660. The molecule has 0 amide bonds. The molecule has 2 heterocycles. The fourth-order valence-electron chi connectivity index (χ4n) is 5.41. The number of halogens is 2. The maximum atomic E-state index is 8.82. The van der Waals surface area contributed by atoms with Gasteiger partial charge in [0.25, 0.3) is 6.02 Å². The molecule has 48 heavy (non-hydrogen) atoms. The minimum Gasteiger partial charge on any atom is -0.491 e. The minimum atomic E-state index is -0.663.